The predicted molar refractivity (Wildman–Crippen MR) is 122 cm³/mol. The van der Waals surface area contributed by atoms with Gasteiger partial charge >= 0.3 is 11.9 Å². The van der Waals surface area contributed by atoms with E-state index < -0.39 is 75.1 Å². The fourth-order valence-corrected chi connectivity index (χ4v) is 10.0. The van der Waals surface area contributed by atoms with Crippen LogP contribution >= 0.6 is 0 Å². The maximum atomic E-state index is 14.8. The second-order valence-corrected chi connectivity index (χ2v) is 13.0. The van der Waals surface area contributed by atoms with Crippen LogP contribution in [0.25, 0.3) is 0 Å². The molecule has 0 unspecified atom stereocenters. The summed E-state index contributed by atoms with van der Waals surface area (Å²) < 4.78 is 25.1. The Morgan fingerprint density at radius 2 is 1.86 bits per heavy atom. The molecule has 2 spiro atoms. The first-order valence-corrected chi connectivity index (χ1v) is 13.4. The van der Waals surface area contributed by atoms with Crippen LogP contribution in [-0.4, -0.2) is 63.9 Å². The van der Waals surface area contributed by atoms with Crippen molar-refractivity contribution in [1.82, 2.24) is 0 Å². The lowest BCUT2D eigenvalue weighted by Gasteiger charge is -2.63. The van der Waals surface area contributed by atoms with E-state index in [1.807, 2.05) is 26.0 Å². The van der Waals surface area contributed by atoms with Crippen molar-refractivity contribution in [3.05, 3.63) is 23.8 Å². The minimum absolute atomic E-state index is 0.0380. The van der Waals surface area contributed by atoms with E-state index in [-0.39, 0.29) is 24.6 Å². The number of ketones is 2. The molecule has 0 amide bonds. The summed E-state index contributed by atoms with van der Waals surface area (Å²) in [5, 5.41) is 12.4. The molecular weight excluding hydrogens is 480 g/mol. The third-order valence-electron chi connectivity index (χ3n) is 12.0. The minimum Gasteiger partial charge on any atom is -0.458 e. The Bertz CT molecular complexity index is 1300. The molecule has 0 aromatic rings. The van der Waals surface area contributed by atoms with Gasteiger partial charge in [-0.25, -0.2) is 4.79 Å². The average Bonchev–Trinajstić information content (AvgIpc) is 3.16. The molecule has 5 saturated heterocycles. The summed E-state index contributed by atoms with van der Waals surface area (Å²) in [5.41, 5.74) is -6.43. The van der Waals surface area contributed by atoms with Gasteiger partial charge in [-0.1, -0.05) is 24.6 Å². The maximum Gasteiger partial charge on any atom is 0.342 e. The van der Waals surface area contributed by atoms with Crippen LogP contribution in [0.15, 0.2) is 23.8 Å². The van der Waals surface area contributed by atoms with E-state index in [1.165, 1.54) is 0 Å². The maximum absolute atomic E-state index is 14.8. The van der Waals surface area contributed by atoms with Gasteiger partial charge in [-0.05, 0) is 63.4 Å². The number of allylic oxidation sites excluding steroid dienone is 4. The van der Waals surface area contributed by atoms with Crippen LogP contribution in [0.1, 0.15) is 52.9 Å². The second kappa shape index (κ2) is 6.10. The van der Waals surface area contributed by atoms with E-state index in [0.717, 1.165) is 5.57 Å². The molecule has 0 aromatic heterocycles. The second-order valence-electron chi connectivity index (χ2n) is 13.0. The Hall–Kier alpha value is -2.36. The van der Waals surface area contributed by atoms with Gasteiger partial charge in [0.15, 0.2) is 28.4 Å². The molecule has 1 saturated carbocycles. The first kappa shape index (κ1) is 22.6. The highest BCUT2D eigenvalue weighted by atomic mass is 16.8. The van der Waals surface area contributed by atoms with E-state index in [1.54, 1.807) is 13.0 Å². The topological polar surface area (TPSA) is 125 Å². The molecule has 37 heavy (non-hydrogen) atoms. The van der Waals surface area contributed by atoms with Gasteiger partial charge in [-0.3, -0.25) is 14.4 Å². The van der Waals surface area contributed by atoms with Gasteiger partial charge in [0.1, 0.15) is 6.10 Å². The standard InChI is InChI=1S/C28H30O9/c1-23-11-18-25(3)28-19(23)20(30)27(37-28,34-12-16(23)21(31)35-18)15-8-7-13-5-4-6-17(29)24(13,2)14(15)9-10-26(28,33)22(32)36-25/h4,6-7,14-16,18-19,33H,5,8-12H2,1-3H3/t14-,15+,16-,18+,19-,23+,24-,25-,26+,27-,28-/m0/s1. The van der Waals surface area contributed by atoms with Gasteiger partial charge in [-0.15, -0.1) is 0 Å². The number of carbonyl (C=O) groups is 4. The number of Topliss-reactive ketones (excluding diaryl/α,β-unsaturated/α-hetero) is 1. The number of carbonyl (C=O) groups excluding carboxylic acids is 4. The number of ether oxygens (including phenoxy) is 4. The Kier molecular flexibility index (Phi) is 3.73. The van der Waals surface area contributed by atoms with Crippen molar-refractivity contribution in [1.29, 1.82) is 0 Å². The van der Waals surface area contributed by atoms with Crippen LogP contribution < -0.4 is 0 Å². The van der Waals surface area contributed by atoms with Crippen LogP contribution in [0.3, 0.4) is 0 Å². The smallest absolute Gasteiger partial charge is 0.342 e. The van der Waals surface area contributed by atoms with Gasteiger partial charge in [0.2, 0.25) is 5.79 Å². The molecule has 5 bridgehead atoms. The Labute approximate surface area is 213 Å². The van der Waals surface area contributed by atoms with E-state index in [9.17, 15) is 24.3 Å². The van der Waals surface area contributed by atoms with Crippen LogP contribution in [0.5, 0.6) is 0 Å². The number of rotatable bonds is 0. The SMILES string of the molecule is C[C@]12C(=O)C=CCC1=CC[C@@H]1[C@@H]2CC[C@@]2(O)C(=O)O[C@@]3(C)[C@H]4C[C@]5(C)[C@@H](CO[C@]16O[C@]23[C@H]5C6=O)C(=O)O4. The molecule has 5 aliphatic heterocycles. The van der Waals surface area contributed by atoms with Crippen molar-refractivity contribution >= 4 is 23.5 Å². The lowest BCUT2D eigenvalue weighted by molar-refractivity contribution is -0.374. The number of hydrogen-bond donors (Lipinski definition) is 1. The van der Waals surface area contributed by atoms with E-state index in [4.69, 9.17) is 18.9 Å². The van der Waals surface area contributed by atoms with E-state index in [2.05, 4.69) is 0 Å². The lowest BCUT2D eigenvalue weighted by atomic mass is 9.46. The highest BCUT2D eigenvalue weighted by molar-refractivity contribution is 6.01. The van der Waals surface area contributed by atoms with E-state index >= 15 is 0 Å². The highest BCUT2D eigenvalue weighted by Crippen LogP contribution is 2.75. The molecule has 6 fully saturated rings. The van der Waals surface area contributed by atoms with Crippen molar-refractivity contribution in [3.63, 3.8) is 0 Å². The molecule has 11 atom stereocenters. The zero-order valence-electron chi connectivity index (χ0n) is 21.1. The molecule has 0 radical (unpaired) electrons. The first-order valence-electron chi connectivity index (χ1n) is 13.4. The number of aliphatic hydroxyl groups is 1. The van der Waals surface area contributed by atoms with Crippen LogP contribution in [0.2, 0.25) is 0 Å². The third-order valence-corrected chi connectivity index (χ3v) is 12.0. The van der Waals surface area contributed by atoms with Crippen LogP contribution in [-0.2, 0) is 38.1 Å². The van der Waals surface area contributed by atoms with Gasteiger partial charge in [0.25, 0.3) is 0 Å². The van der Waals surface area contributed by atoms with Crippen molar-refractivity contribution in [2.45, 2.75) is 81.6 Å². The summed E-state index contributed by atoms with van der Waals surface area (Å²) in [7, 11) is 0. The normalized spacial score (nSPS) is 58.5. The summed E-state index contributed by atoms with van der Waals surface area (Å²) in [6.45, 7) is 5.29. The number of esters is 2. The summed E-state index contributed by atoms with van der Waals surface area (Å²) in [4.78, 5) is 55.2. The molecule has 0 aromatic carbocycles. The van der Waals surface area contributed by atoms with Crippen LogP contribution in [0, 0.1) is 34.5 Å². The zero-order valence-corrected chi connectivity index (χ0v) is 21.1. The molecule has 8 rings (SSSR count). The van der Waals surface area contributed by atoms with Gasteiger partial charge in [0.05, 0.1) is 23.9 Å². The minimum atomic E-state index is -2.17. The Morgan fingerprint density at radius 1 is 1.08 bits per heavy atom. The summed E-state index contributed by atoms with van der Waals surface area (Å²) in [6.07, 6.45) is 6.24. The highest BCUT2D eigenvalue weighted by Gasteiger charge is 2.93. The number of fused-ring (bicyclic) bond motifs is 5. The summed E-state index contributed by atoms with van der Waals surface area (Å²) in [6, 6.07) is 0. The van der Waals surface area contributed by atoms with Crippen LogP contribution in [0.4, 0.5) is 0 Å². The van der Waals surface area contributed by atoms with Crippen molar-refractivity contribution in [3.8, 4) is 0 Å². The molecule has 196 valence electrons. The van der Waals surface area contributed by atoms with Crippen molar-refractivity contribution < 1.29 is 43.2 Å². The molecule has 1 N–H and O–H groups in total. The zero-order chi connectivity index (χ0) is 26.0. The molecule has 8 aliphatic rings. The third kappa shape index (κ3) is 1.97. The first-order chi connectivity index (χ1) is 17.4. The molecular formula is C28H30O9. The Balaban J connectivity index is 1.43. The van der Waals surface area contributed by atoms with Crippen molar-refractivity contribution in [2.24, 2.45) is 34.5 Å². The van der Waals surface area contributed by atoms with Gasteiger partial charge in [-0.2, -0.15) is 0 Å². The quantitative estimate of drug-likeness (QED) is 0.382. The summed E-state index contributed by atoms with van der Waals surface area (Å²) in [5.74, 6) is -6.36. The van der Waals surface area contributed by atoms with Gasteiger partial charge in [0, 0.05) is 5.92 Å². The largest absolute Gasteiger partial charge is 0.458 e. The average molecular weight is 511 g/mol. The van der Waals surface area contributed by atoms with Gasteiger partial charge < -0.3 is 24.1 Å². The number of hydrogen-bond acceptors (Lipinski definition) is 9. The monoisotopic (exact) mass is 510 g/mol. The summed E-state index contributed by atoms with van der Waals surface area (Å²) >= 11 is 0. The van der Waals surface area contributed by atoms with E-state index in [0.29, 0.717) is 25.7 Å². The lowest BCUT2D eigenvalue weighted by Crippen LogP contribution is -2.79. The Morgan fingerprint density at radius 3 is 2.65 bits per heavy atom. The molecule has 5 heterocycles. The molecule has 3 aliphatic carbocycles. The fraction of sp³-hybridized carbons (Fsp3) is 0.714. The molecule has 9 heteroatoms. The van der Waals surface area contributed by atoms with Crippen molar-refractivity contribution in [2.75, 3.05) is 6.61 Å². The fourth-order valence-electron chi connectivity index (χ4n) is 10.0. The molecule has 9 nitrogen and oxygen atoms in total. The predicted octanol–water partition coefficient (Wildman–Crippen LogP) is 1.56.